The van der Waals surface area contributed by atoms with Gasteiger partial charge in [-0.3, -0.25) is 9.10 Å². The monoisotopic (exact) mass is 514 g/mol. The summed E-state index contributed by atoms with van der Waals surface area (Å²) in [6, 6.07) is 19.5. The van der Waals surface area contributed by atoms with Gasteiger partial charge in [0, 0.05) is 11.6 Å². The van der Waals surface area contributed by atoms with Crippen molar-refractivity contribution in [3.05, 3.63) is 88.4 Å². The number of amides is 1. The minimum absolute atomic E-state index is 0.116. The van der Waals surface area contributed by atoms with E-state index in [0.717, 1.165) is 34.0 Å². The minimum Gasteiger partial charge on any atom is -0.494 e. The molecule has 0 heterocycles. The molecule has 3 rings (SSSR count). The van der Waals surface area contributed by atoms with Gasteiger partial charge in [0.25, 0.3) is 10.0 Å². The van der Waals surface area contributed by atoms with E-state index in [2.05, 4.69) is 5.32 Å². The number of carbonyl (C=O) groups excluding carboxylic acids is 1. The van der Waals surface area contributed by atoms with Gasteiger partial charge in [-0.05, 0) is 81.1 Å². The summed E-state index contributed by atoms with van der Waals surface area (Å²) in [6.07, 6.45) is 1.51. The number of hydrogen-bond acceptors (Lipinski definition) is 4. The number of ether oxygens (including phenoxy) is 1. The van der Waals surface area contributed by atoms with Crippen LogP contribution in [0.25, 0.3) is 0 Å². The molecule has 3 aromatic carbocycles. The highest BCUT2D eigenvalue weighted by molar-refractivity contribution is 7.92. The van der Waals surface area contributed by atoms with Crippen molar-refractivity contribution in [1.82, 2.24) is 5.32 Å². The van der Waals surface area contributed by atoms with Gasteiger partial charge in [0.2, 0.25) is 5.91 Å². The molecule has 186 valence electrons. The van der Waals surface area contributed by atoms with Crippen LogP contribution in [0, 0.1) is 13.8 Å². The Balaban J connectivity index is 1.69. The predicted octanol–water partition coefficient (Wildman–Crippen LogP) is 5.30. The van der Waals surface area contributed by atoms with Gasteiger partial charge in [-0.1, -0.05) is 47.5 Å². The zero-order valence-corrected chi connectivity index (χ0v) is 21.8. The van der Waals surface area contributed by atoms with Crippen LogP contribution in [0.4, 0.5) is 5.69 Å². The summed E-state index contributed by atoms with van der Waals surface area (Å²) in [5.41, 5.74) is 3.05. The van der Waals surface area contributed by atoms with Crippen LogP contribution in [-0.4, -0.2) is 34.0 Å². The summed E-state index contributed by atoms with van der Waals surface area (Å²) < 4.78 is 33.6. The Morgan fingerprint density at radius 3 is 2.34 bits per heavy atom. The molecule has 0 bridgehead atoms. The number of anilines is 1. The minimum atomic E-state index is -3.99. The molecule has 1 amide bonds. The van der Waals surface area contributed by atoms with Crippen LogP contribution >= 0.6 is 11.6 Å². The number of halogens is 1. The van der Waals surface area contributed by atoms with Crippen LogP contribution in [-0.2, 0) is 21.2 Å². The predicted molar refractivity (Wildman–Crippen MR) is 141 cm³/mol. The van der Waals surface area contributed by atoms with E-state index >= 15 is 0 Å². The second-order valence-corrected chi connectivity index (χ2v) is 10.5. The smallest absolute Gasteiger partial charge is 0.264 e. The van der Waals surface area contributed by atoms with Gasteiger partial charge in [0.05, 0.1) is 17.2 Å². The van der Waals surface area contributed by atoms with E-state index in [1.165, 1.54) is 0 Å². The molecule has 6 nitrogen and oxygen atoms in total. The van der Waals surface area contributed by atoms with Crippen molar-refractivity contribution in [2.24, 2.45) is 0 Å². The molecule has 0 radical (unpaired) electrons. The fourth-order valence-corrected chi connectivity index (χ4v) is 5.28. The van der Waals surface area contributed by atoms with Gasteiger partial charge in [-0.15, -0.1) is 0 Å². The average molecular weight is 515 g/mol. The molecule has 0 unspecified atom stereocenters. The largest absolute Gasteiger partial charge is 0.494 e. The average Bonchev–Trinajstić information content (AvgIpc) is 2.84. The molecular formula is C27H31ClN2O4S. The molecule has 0 aliphatic rings. The molecule has 0 aliphatic heterocycles. The molecule has 0 saturated heterocycles. The summed E-state index contributed by atoms with van der Waals surface area (Å²) in [5, 5.41) is 3.28. The van der Waals surface area contributed by atoms with Gasteiger partial charge < -0.3 is 10.1 Å². The Labute approximate surface area is 212 Å². The van der Waals surface area contributed by atoms with Crippen LogP contribution in [0.15, 0.2) is 71.6 Å². The first-order valence-electron chi connectivity index (χ1n) is 11.6. The van der Waals surface area contributed by atoms with Crippen molar-refractivity contribution < 1.29 is 17.9 Å². The van der Waals surface area contributed by atoms with Crippen LogP contribution in [0.3, 0.4) is 0 Å². The molecule has 8 heteroatoms. The fraction of sp³-hybridized carbons (Fsp3) is 0.296. The van der Waals surface area contributed by atoms with Crippen LogP contribution < -0.4 is 14.4 Å². The summed E-state index contributed by atoms with van der Waals surface area (Å²) in [7, 11) is -3.99. The number of benzene rings is 3. The van der Waals surface area contributed by atoms with Crippen molar-refractivity contribution in [2.45, 2.75) is 38.5 Å². The summed E-state index contributed by atoms with van der Waals surface area (Å²) in [6.45, 7) is 6.27. The van der Waals surface area contributed by atoms with E-state index in [-0.39, 0.29) is 17.3 Å². The first kappa shape index (κ1) is 26.6. The Morgan fingerprint density at radius 1 is 1.00 bits per heavy atom. The van der Waals surface area contributed by atoms with Crippen LogP contribution in [0.2, 0.25) is 5.02 Å². The Kier molecular flexibility index (Phi) is 9.18. The first-order valence-corrected chi connectivity index (χ1v) is 13.4. The zero-order chi connectivity index (χ0) is 25.4. The molecule has 0 fully saturated rings. The summed E-state index contributed by atoms with van der Waals surface area (Å²) in [4.78, 5) is 12.9. The van der Waals surface area contributed by atoms with Gasteiger partial charge in [-0.2, -0.15) is 0 Å². The maximum atomic E-state index is 13.5. The topological polar surface area (TPSA) is 75.7 Å². The molecule has 3 aromatic rings. The third-order valence-corrected chi connectivity index (χ3v) is 7.79. The standard InChI is InChI=1S/C27H31ClN2O4S/c1-4-34-23-14-12-22(13-15-23)7-6-18-29-27(31)19-30(26-9-5-8-25(28)21(26)3)35(32,33)24-16-10-20(2)11-17-24/h5,8-17H,4,6-7,18-19H2,1-3H3,(H,29,31). The van der Waals surface area contributed by atoms with Crippen LogP contribution in [0.5, 0.6) is 5.75 Å². The molecular weight excluding hydrogens is 484 g/mol. The van der Waals surface area contributed by atoms with Gasteiger partial charge in [0.1, 0.15) is 12.3 Å². The highest BCUT2D eigenvalue weighted by Gasteiger charge is 2.28. The lowest BCUT2D eigenvalue weighted by molar-refractivity contribution is -0.119. The van der Waals surface area contributed by atoms with Crippen molar-refractivity contribution in [1.29, 1.82) is 0 Å². The highest BCUT2D eigenvalue weighted by atomic mass is 35.5. The SMILES string of the molecule is CCOc1ccc(CCCNC(=O)CN(c2cccc(Cl)c2C)S(=O)(=O)c2ccc(C)cc2)cc1. The number of hydrogen-bond donors (Lipinski definition) is 1. The lowest BCUT2D eigenvalue weighted by Gasteiger charge is -2.26. The molecule has 0 atom stereocenters. The fourth-order valence-electron chi connectivity index (χ4n) is 3.63. The molecule has 0 aromatic heterocycles. The van der Waals surface area contributed by atoms with E-state index in [9.17, 15) is 13.2 Å². The van der Waals surface area contributed by atoms with Gasteiger partial charge >= 0.3 is 0 Å². The Morgan fingerprint density at radius 2 is 1.69 bits per heavy atom. The second kappa shape index (κ2) is 12.1. The van der Waals surface area contributed by atoms with E-state index in [1.807, 2.05) is 38.1 Å². The Bertz CT molecular complexity index is 1240. The first-order chi connectivity index (χ1) is 16.7. The molecule has 0 spiro atoms. The van der Waals surface area contributed by atoms with Crippen molar-refractivity contribution in [3.8, 4) is 5.75 Å². The maximum absolute atomic E-state index is 13.5. The molecule has 0 aliphatic carbocycles. The van der Waals surface area contributed by atoms with E-state index in [1.54, 1.807) is 49.4 Å². The van der Waals surface area contributed by atoms with Crippen molar-refractivity contribution in [3.63, 3.8) is 0 Å². The highest BCUT2D eigenvalue weighted by Crippen LogP contribution is 2.30. The van der Waals surface area contributed by atoms with Crippen LogP contribution in [0.1, 0.15) is 30.0 Å². The lowest BCUT2D eigenvalue weighted by Crippen LogP contribution is -2.41. The zero-order valence-electron chi connectivity index (χ0n) is 20.3. The second-order valence-electron chi connectivity index (χ2n) is 8.24. The normalized spacial score (nSPS) is 11.2. The van der Waals surface area contributed by atoms with E-state index < -0.39 is 10.0 Å². The van der Waals surface area contributed by atoms with Crippen molar-refractivity contribution >= 4 is 33.2 Å². The Hall–Kier alpha value is -3.03. The molecule has 1 N–H and O–H groups in total. The number of nitrogens with zero attached hydrogens (tertiary/aromatic N) is 1. The summed E-state index contributed by atoms with van der Waals surface area (Å²) >= 11 is 6.27. The molecule has 0 saturated carbocycles. The number of carbonyl (C=O) groups is 1. The number of rotatable bonds is 11. The number of nitrogens with one attached hydrogen (secondary N) is 1. The van der Waals surface area contributed by atoms with Crippen molar-refractivity contribution in [2.75, 3.05) is 24.0 Å². The van der Waals surface area contributed by atoms with E-state index in [0.29, 0.717) is 29.4 Å². The maximum Gasteiger partial charge on any atom is 0.264 e. The van der Waals surface area contributed by atoms with E-state index in [4.69, 9.17) is 16.3 Å². The third-order valence-electron chi connectivity index (χ3n) is 5.60. The van der Waals surface area contributed by atoms with Gasteiger partial charge in [-0.25, -0.2) is 8.42 Å². The summed E-state index contributed by atoms with van der Waals surface area (Å²) in [5.74, 6) is 0.447. The third kappa shape index (κ3) is 6.99. The molecule has 35 heavy (non-hydrogen) atoms. The number of sulfonamides is 1. The lowest BCUT2D eigenvalue weighted by atomic mass is 10.1. The number of aryl methyl sites for hydroxylation is 2. The quantitative estimate of drug-likeness (QED) is 0.352. The van der Waals surface area contributed by atoms with Gasteiger partial charge in [0.15, 0.2) is 0 Å².